The molecule has 0 saturated heterocycles. The Bertz CT molecular complexity index is 648. The van der Waals surface area contributed by atoms with E-state index in [0.717, 1.165) is 26.1 Å². The Morgan fingerprint density at radius 1 is 1.35 bits per heavy atom. The van der Waals surface area contributed by atoms with E-state index >= 15 is 0 Å². The molecule has 5 nitrogen and oxygen atoms in total. The molecule has 142 valence electrons. The van der Waals surface area contributed by atoms with Crippen molar-refractivity contribution in [3.63, 3.8) is 0 Å². The van der Waals surface area contributed by atoms with E-state index in [1.54, 1.807) is 13.2 Å². The topological polar surface area (TPSA) is 69.4 Å². The van der Waals surface area contributed by atoms with Gasteiger partial charge in [0.05, 0.1) is 18.2 Å². The summed E-state index contributed by atoms with van der Waals surface area (Å²) < 4.78 is 19.2. The number of guanidine groups is 1. The predicted octanol–water partition coefficient (Wildman–Crippen LogP) is 3.35. The SMILES string of the molecule is CCNC(=NCc1cc(C#N)ccc1F)NCC1(CCOC)CCCC1. The van der Waals surface area contributed by atoms with Crippen LogP contribution in [-0.4, -0.2) is 32.8 Å². The first-order valence-electron chi connectivity index (χ1n) is 9.32. The Hall–Kier alpha value is -2.13. The Morgan fingerprint density at radius 2 is 2.12 bits per heavy atom. The lowest BCUT2D eigenvalue weighted by Gasteiger charge is -2.30. The second-order valence-corrected chi connectivity index (χ2v) is 6.92. The fraction of sp³-hybridized carbons (Fsp3) is 0.600. The van der Waals surface area contributed by atoms with Gasteiger partial charge in [0.25, 0.3) is 0 Å². The summed E-state index contributed by atoms with van der Waals surface area (Å²) in [6, 6.07) is 6.39. The van der Waals surface area contributed by atoms with Gasteiger partial charge in [-0.15, -0.1) is 0 Å². The van der Waals surface area contributed by atoms with E-state index in [2.05, 4.69) is 15.6 Å². The molecule has 0 unspecified atom stereocenters. The number of hydrogen-bond acceptors (Lipinski definition) is 3. The van der Waals surface area contributed by atoms with Gasteiger partial charge in [-0.25, -0.2) is 9.38 Å². The average Bonchev–Trinajstić information content (AvgIpc) is 3.12. The van der Waals surface area contributed by atoms with Crippen molar-refractivity contribution in [2.45, 2.75) is 45.6 Å². The van der Waals surface area contributed by atoms with E-state index in [4.69, 9.17) is 10.00 Å². The maximum absolute atomic E-state index is 13.9. The molecule has 0 radical (unpaired) electrons. The van der Waals surface area contributed by atoms with Crippen molar-refractivity contribution in [1.29, 1.82) is 5.26 Å². The van der Waals surface area contributed by atoms with Crippen molar-refractivity contribution < 1.29 is 9.13 Å². The van der Waals surface area contributed by atoms with Gasteiger partial charge in [-0.2, -0.15) is 5.26 Å². The van der Waals surface area contributed by atoms with E-state index in [1.165, 1.54) is 37.8 Å². The summed E-state index contributed by atoms with van der Waals surface area (Å²) in [5.74, 6) is 0.342. The average molecular weight is 360 g/mol. The molecule has 1 aliphatic carbocycles. The van der Waals surface area contributed by atoms with Gasteiger partial charge in [0.15, 0.2) is 5.96 Å². The minimum absolute atomic E-state index is 0.196. The summed E-state index contributed by atoms with van der Waals surface area (Å²) in [6.45, 7) is 4.54. The molecule has 0 heterocycles. The number of hydrogen-bond donors (Lipinski definition) is 2. The van der Waals surface area contributed by atoms with Gasteiger partial charge in [0.1, 0.15) is 5.82 Å². The zero-order valence-corrected chi connectivity index (χ0v) is 15.8. The molecule has 1 aromatic rings. The zero-order chi connectivity index (χ0) is 18.8. The maximum atomic E-state index is 13.9. The van der Waals surface area contributed by atoms with Gasteiger partial charge in [-0.05, 0) is 49.8 Å². The second kappa shape index (κ2) is 10.1. The number of ether oxygens (including phenoxy) is 1. The Morgan fingerprint density at radius 3 is 2.77 bits per heavy atom. The molecule has 2 rings (SSSR count). The molecule has 6 heteroatoms. The number of halogens is 1. The van der Waals surface area contributed by atoms with Crippen LogP contribution < -0.4 is 10.6 Å². The normalized spacial score (nSPS) is 16.3. The summed E-state index contributed by atoms with van der Waals surface area (Å²) in [5.41, 5.74) is 1.12. The number of rotatable bonds is 8. The lowest BCUT2D eigenvalue weighted by atomic mass is 9.83. The maximum Gasteiger partial charge on any atom is 0.191 e. The molecule has 0 spiro atoms. The van der Waals surface area contributed by atoms with E-state index in [0.29, 0.717) is 17.1 Å². The third kappa shape index (κ3) is 5.70. The predicted molar refractivity (Wildman–Crippen MR) is 101 cm³/mol. The standard InChI is InChI=1S/C20H29FN4O/c1-3-23-19(24-14-17-12-16(13-22)6-7-18(17)21)25-15-20(10-11-26-2)8-4-5-9-20/h6-7,12H,3-5,8-11,14-15H2,1-2H3,(H2,23,24,25). The number of methoxy groups -OCH3 is 1. The highest BCUT2D eigenvalue weighted by molar-refractivity contribution is 5.79. The molecule has 1 aromatic carbocycles. The highest BCUT2D eigenvalue weighted by atomic mass is 19.1. The number of benzene rings is 1. The van der Waals surface area contributed by atoms with Crippen molar-refractivity contribution in [2.75, 3.05) is 26.8 Å². The number of aliphatic imine (C=N–C) groups is 1. The van der Waals surface area contributed by atoms with Crippen molar-refractivity contribution in [3.05, 3.63) is 35.1 Å². The highest BCUT2D eigenvalue weighted by Crippen LogP contribution is 2.40. The number of nitriles is 1. The fourth-order valence-electron chi connectivity index (χ4n) is 3.50. The third-order valence-electron chi connectivity index (χ3n) is 5.06. The van der Waals surface area contributed by atoms with Crippen molar-refractivity contribution in [2.24, 2.45) is 10.4 Å². The molecule has 0 atom stereocenters. The molecule has 1 saturated carbocycles. The quantitative estimate of drug-likeness (QED) is 0.551. The first kappa shape index (κ1) is 20.2. The van der Waals surface area contributed by atoms with Crippen LogP contribution in [0.1, 0.15) is 50.2 Å². The molecule has 26 heavy (non-hydrogen) atoms. The summed E-state index contributed by atoms with van der Waals surface area (Å²) in [4.78, 5) is 4.51. The Kier molecular flexibility index (Phi) is 7.86. The van der Waals surface area contributed by atoms with Crippen LogP contribution in [0.15, 0.2) is 23.2 Å². The largest absolute Gasteiger partial charge is 0.385 e. The van der Waals surface area contributed by atoms with Crippen molar-refractivity contribution >= 4 is 5.96 Å². The first-order chi connectivity index (χ1) is 12.6. The summed E-state index contributed by atoms with van der Waals surface area (Å²) in [6.07, 6.45) is 5.94. The second-order valence-electron chi connectivity index (χ2n) is 6.92. The smallest absolute Gasteiger partial charge is 0.191 e. The van der Waals surface area contributed by atoms with Crippen LogP contribution in [0, 0.1) is 22.6 Å². The van der Waals surface area contributed by atoms with Crippen LogP contribution >= 0.6 is 0 Å². The van der Waals surface area contributed by atoms with Crippen LogP contribution in [0.4, 0.5) is 4.39 Å². The lowest BCUT2D eigenvalue weighted by Crippen LogP contribution is -2.43. The number of nitrogens with zero attached hydrogens (tertiary/aromatic N) is 2. The van der Waals surface area contributed by atoms with E-state index in [-0.39, 0.29) is 17.8 Å². The van der Waals surface area contributed by atoms with Gasteiger partial charge in [0, 0.05) is 32.4 Å². The Labute approximate surface area is 155 Å². The van der Waals surface area contributed by atoms with Crippen molar-refractivity contribution in [3.8, 4) is 6.07 Å². The Balaban J connectivity index is 2.03. The third-order valence-corrected chi connectivity index (χ3v) is 5.06. The molecule has 0 aliphatic heterocycles. The van der Waals surface area contributed by atoms with Gasteiger partial charge >= 0.3 is 0 Å². The van der Waals surface area contributed by atoms with Crippen LogP contribution in [0.25, 0.3) is 0 Å². The molecule has 0 aromatic heterocycles. The van der Waals surface area contributed by atoms with Crippen LogP contribution in [0.5, 0.6) is 0 Å². The monoisotopic (exact) mass is 360 g/mol. The van der Waals surface area contributed by atoms with Crippen LogP contribution in [0.3, 0.4) is 0 Å². The molecule has 2 N–H and O–H groups in total. The molecular formula is C20H29FN4O. The lowest BCUT2D eigenvalue weighted by molar-refractivity contribution is 0.138. The summed E-state index contributed by atoms with van der Waals surface area (Å²) in [5, 5.41) is 15.6. The van der Waals surface area contributed by atoms with Crippen LogP contribution in [0.2, 0.25) is 0 Å². The molecular weight excluding hydrogens is 331 g/mol. The van der Waals surface area contributed by atoms with E-state index < -0.39 is 0 Å². The molecule has 1 aliphatic rings. The van der Waals surface area contributed by atoms with E-state index in [1.807, 2.05) is 13.0 Å². The molecule has 0 amide bonds. The van der Waals surface area contributed by atoms with Crippen molar-refractivity contribution in [1.82, 2.24) is 10.6 Å². The highest BCUT2D eigenvalue weighted by Gasteiger charge is 2.33. The van der Waals surface area contributed by atoms with Crippen LogP contribution in [-0.2, 0) is 11.3 Å². The summed E-state index contributed by atoms with van der Waals surface area (Å²) >= 11 is 0. The zero-order valence-electron chi connectivity index (χ0n) is 15.8. The fourth-order valence-corrected chi connectivity index (χ4v) is 3.50. The molecule has 1 fully saturated rings. The van der Waals surface area contributed by atoms with E-state index in [9.17, 15) is 4.39 Å². The van der Waals surface area contributed by atoms with Gasteiger partial charge in [0.2, 0.25) is 0 Å². The van der Waals surface area contributed by atoms with Gasteiger partial charge < -0.3 is 15.4 Å². The van der Waals surface area contributed by atoms with Gasteiger partial charge in [-0.1, -0.05) is 12.8 Å². The number of nitrogens with one attached hydrogen (secondary N) is 2. The minimum atomic E-state index is -0.337. The first-order valence-corrected chi connectivity index (χ1v) is 9.32. The molecule has 0 bridgehead atoms. The minimum Gasteiger partial charge on any atom is -0.385 e. The van der Waals surface area contributed by atoms with Gasteiger partial charge in [-0.3, -0.25) is 0 Å². The summed E-state index contributed by atoms with van der Waals surface area (Å²) in [7, 11) is 1.74.